The summed E-state index contributed by atoms with van der Waals surface area (Å²) < 4.78 is 0. The van der Waals surface area contributed by atoms with Crippen LogP contribution in [-0.4, -0.2) is 65.5 Å². The van der Waals surface area contributed by atoms with Gasteiger partial charge in [-0.05, 0) is 48.6 Å². The highest BCUT2D eigenvalue weighted by Gasteiger charge is 2.41. The Hall–Kier alpha value is -2.81. The van der Waals surface area contributed by atoms with Gasteiger partial charge in [0, 0.05) is 25.4 Å². The predicted molar refractivity (Wildman–Crippen MR) is 134 cm³/mol. The highest BCUT2D eigenvalue weighted by molar-refractivity contribution is 6.03. The second-order valence-electron chi connectivity index (χ2n) is 9.71. The highest BCUT2D eigenvalue weighted by atomic mass is 16.3. The average Bonchev–Trinajstić information content (AvgIpc) is 3.61. The van der Waals surface area contributed by atoms with E-state index in [9.17, 15) is 19.5 Å². The zero-order valence-corrected chi connectivity index (χ0v) is 20.1. The van der Waals surface area contributed by atoms with Gasteiger partial charge in [-0.3, -0.25) is 19.3 Å². The lowest BCUT2D eigenvalue weighted by molar-refractivity contribution is -0.155. The van der Waals surface area contributed by atoms with Crippen LogP contribution in [0.25, 0.3) is 10.8 Å². The van der Waals surface area contributed by atoms with Crippen LogP contribution in [0, 0.1) is 5.92 Å². The minimum absolute atomic E-state index is 0.00522. The summed E-state index contributed by atoms with van der Waals surface area (Å²) in [5.41, 5.74) is 6.36. The van der Waals surface area contributed by atoms with Gasteiger partial charge in [0.1, 0.15) is 6.04 Å². The third kappa shape index (κ3) is 6.07. The molecular formula is C27H36N4O4. The molecule has 0 aromatic heterocycles. The molecule has 8 nitrogen and oxygen atoms in total. The van der Waals surface area contributed by atoms with Crippen LogP contribution in [0.4, 0.5) is 0 Å². The third-order valence-corrected chi connectivity index (χ3v) is 7.18. The molecule has 1 aliphatic carbocycles. The fraction of sp³-hybridized carbons (Fsp3) is 0.519. The van der Waals surface area contributed by atoms with E-state index in [0.29, 0.717) is 13.0 Å². The first kappa shape index (κ1) is 25.3. The van der Waals surface area contributed by atoms with Crippen molar-refractivity contribution in [2.75, 3.05) is 19.6 Å². The van der Waals surface area contributed by atoms with Crippen LogP contribution in [-0.2, 0) is 20.8 Å². The van der Waals surface area contributed by atoms with Gasteiger partial charge in [0.05, 0.1) is 12.1 Å². The van der Waals surface area contributed by atoms with E-state index in [4.69, 9.17) is 5.73 Å². The molecule has 4 rings (SSSR count). The van der Waals surface area contributed by atoms with Gasteiger partial charge in [-0.15, -0.1) is 0 Å². The van der Waals surface area contributed by atoms with Crippen molar-refractivity contribution in [1.29, 1.82) is 0 Å². The number of nitrogens with one attached hydrogen (secondary N) is 2. The standard InChI is InChI=1S/C27H36N4O4/c28-16-22(32)17-30-25(33)24(15-18-11-12-19-6-1-4-9-21(19)14-18)31(26(34)20-7-2-3-8-20)27(35)23-10-5-13-29-23/h1,4,6,9,11-12,14,20,22-24,29,32H,2-3,5,7-8,10,13,15-17,28H2,(H,30,33)/t22?,23-,24+/m0/s1. The molecule has 35 heavy (non-hydrogen) atoms. The number of hydrogen-bond acceptors (Lipinski definition) is 6. The number of nitrogens with zero attached hydrogens (tertiary/aromatic N) is 1. The van der Waals surface area contributed by atoms with Crippen molar-refractivity contribution in [3.8, 4) is 0 Å². The van der Waals surface area contributed by atoms with Crippen molar-refractivity contribution in [2.45, 2.75) is 63.1 Å². The Morgan fingerprint density at radius 2 is 1.77 bits per heavy atom. The van der Waals surface area contributed by atoms with E-state index in [0.717, 1.165) is 48.4 Å². The molecule has 0 radical (unpaired) electrons. The van der Waals surface area contributed by atoms with Gasteiger partial charge in [-0.25, -0.2) is 0 Å². The molecule has 1 aliphatic heterocycles. The number of fused-ring (bicyclic) bond motifs is 1. The average molecular weight is 481 g/mol. The second-order valence-corrected chi connectivity index (χ2v) is 9.71. The number of rotatable bonds is 9. The quantitative estimate of drug-likeness (QED) is 0.403. The van der Waals surface area contributed by atoms with Gasteiger partial charge < -0.3 is 21.5 Å². The zero-order valence-electron chi connectivity index (χ0n) is 20.1. The van der Waals surface area contributed by atoms with Gasteiger partial charge >= 0.3 is 0 Å². The smallest absolute Gasteiger partial charge is 0.247 e. The summed E-state index contributed by atoms with van der Waals surface area (Å²) in [6.07, 6.45) is 4.16. The van der Waals surface area contributed by atoms with Gasteiger partial charge in [0.25, 0.3) is 0 Å². The van der Waals surface area contributed by atoms with Crippen LogP contribution in [0.3, 0.4) is 0 Å². The fourth-order valence-electron chi connectivity index (χ4n) is 5.16. The fourth-order valence-corrected chi connectivity index (χ4v) is 5.16. The molecule has 1 heterocycles. The van der Waals surface area contributed by atoms with Crippen molar-refractivity contribution >= 4 is 28.5 Å². The Morgan fingerprint density at radius 1 is 1.03 bits per heavy atom. The summed E-state index contributed by atoms with van der Waals surface area (Å²) in [7, 11) is 0. The number of carbonyl (C=O) groups excluding carboxylic acids is 3. The third-order valence-electron chi connectivity index (χ3n) is 7.18. The molecule has 2 fully saturated rings. The molecule has 188 valence electrons. The molecule has 1 saturated heterocycles. The number of amides is 3. The number of aliphatic hydroxyl groups is 1. The van der Waals surface area contributed by atoms with Crippen molar-refractivity contribution in [2.24, 2.45) is 11.7 Å². The van der Waals surface area contributed by atoms with E-state index in [1.807, 2.05) is 42.5 Å². The van der Waals surface area contributed by atoms with E-state index >= 15 is 0 Å². The molecule has 1 saturated carbocycles. The molecule has 1 unspecified atom stereocenters. The van der Waals surface area contributed by atoms with E-state index < -0.39 is 24.1 Å². The Balaban J connectivity index is 1.67. The maximum Gasteiger partial charge on any atom is 0.247 e. The lowest BCUT2D eigenvalue weighted by Gasteiger charge is -2.33. The minimum atomic E-state index is -1.01. The first-order chi connectivity index (χ1) is 17.0. The van der Waals surface area contributed by atoms with E-state index in [-0.39, 0.29) is 37.2 Å². The predicted octanol–water partition coefficient (Wildman–Crippen LogP) is 1.48. The number of carbonyl (C=O) groups is 3. The lowest BCUT2D eigenvalue weighted by Crippen LogP contribution is -2.59. The topological polar surface area (TPSA) is 125 Å². The number of nitrogens with two attached hydrogens (primary N) is 1. The van der Waals surface area contributed by atoms with Crippen LogP contribution in [0.2, 0.25) is 0 Å². The van der Waals surface area contributed by atoms with Crippen LogP contribution in [0.1, 0.15) is 44.1 Å². The summed E-state index contributed by atoms with van der Waals surface area (Å²) >= 11 is 0. The van der Waals surface area contributed by atoms with Crippen molar-refractivity contribution < 1.29 is 19.5 Å². The van der Waals surface area contributed by atoms with E-state index in [2.05, 4.69) is 10.6 Å². The molecule has 5 N–H and O–H groups in total. The summed E-state index contributed by atoms with van der Waals surface area (Å²) in [6.45, 7) is 0.683. The molecule has 3 amide bonds. The maximum atomic E-state index is 13.7. The summed E-state index contributed by atoms with van der Waals surface area (Å²) in [5, 5.41) is 17.9. The second kappa shape index (κ2) is 11.7. The van der Waals surface area contributed by atoms with Gasteiger partial charge in [-0.1, -0.05) is 55.3 Å². The van der Waals surface area contributed by atoms with E-state index in [1.54, 1.807) is 0 Å². The Bertz CT molecular complexity index is 1020. The normalized spacial score (nSPS) is 20.0. The largest absolute Gasteiger partial charge is 0.390 e. The Kier molecular flexibility index (Phi) is 8.49. The molecule has 2 aromatic carbocycles. The maximum absolute atomic E-state index is 13.7. The minimum Gasteiger partial charge on any atom is -0.390 e. The summed E-state index contributed by atoms with van der Waals surface area (Å²) in [5.74, 6) is -1.30. The highest BCUT2D eigenvalue weighted by Crippen LogP contribution is 2.29. The Morgan fingerprint density at radius 3 is 2.46 bits per heavy atom. The molecule has 8 heteroatoms. The SMILES string of the molecule is NCC(O)CNC(=O)[C@@H](Cc1ccc2ccccc2c1)N(C(=O)C1CCCC1)C(=O)[C@@H]1CCCN1. The van der Waals surface area contributed by atoms with Gasteiger partial charge in [-0.2, -0.15) is 0 Å². The van der Waals surface area contributed by atoms with Gasteiger partial charge in [0.2, 0.25) is 17.7 Å². The molecule has 0 bridgehead atoms. The van der Waals surface area contributed by atoms with Crippen LogP contribution < -0.4 is 16.4 Å². The van der Waals surface area contributed by atoms with Crippen molar-refractivity contribution in [3.63, 3.8) is 0 Å². The van der Waals surface area contributed by atoms with E-state index in [1.165, 1.54) is 4.90 Å². The van der Waals surface area contributed by atoms with Crippen LogP contribution >= 0.6 is 0 Å². The van der Waals surface area contributed by atoms with Crippen molar-refractivity contribution in [3.05, 3.63) is 48.0 Å². The Labute approximate surface area is 206 Å². The molecule has 0 spiro atoms. The summed E-state index contributed by atoms with van der Waals surface area (Å²) in [6, 6.07) is 12.4. The number of hydrogen-bond donors (Lipinski definition) is 4. The molecule has 3 atom stereocenters. The van der Waals surface area contributed by atoms with Crippen LogP contribution in [0.5, 0.6) is 0 Å². The zero-order chi connectivity index (χ0) is 24.8. The monoisotopic (exact) mass is 480 g/mol. The first-order valence-electron chi connectivity index (χ1n) is 12.7. The lowest BCUT2D eigenvalue weighted by atomic mass is 9.97. The van der Waals surface area contributed by atoms with Gasteiger partial charge in [0.15, 0.2) is 0 Å². The molecular weight excluding hydrogens is 444 g/mol. The van der Waals surface area contributed by atoms with Crippen molar-refractivity contribution in [1.82, 2.24) is 15.5 Å². The number of aliphatic hydroxyl groups excluding tert-OH is 1. The number of imide groups is 1. The van der Waals surface area contributed by atoms with Crippen LogP contribution in [0.15, 0.2) is 42.5 Å². The molecule has 2 aromatic rings. The first-order valence-corrected chi connectivity index (χ1v) is 12.7. The molecule has 2 aliphatic rings. The summed E-state index contributed by atoms with van der Waals surface area (Å²) in [4.78, 5) is 42.1. The number of benzene rings is 2.